The molecule has 1 amide bonds. The van der Waals surface area contributed by atoms with Crippen molar-refractivity contribution >= 4 is 34.3 Å². The lowest BCUT2D eigenvalue weighted by molar-refractivity contribution is -0.115. The highest BCUT2D eigenvalue weighted by Gasteiger charge is 2.21. The molecule has 0 atom stereocenters. The van der Waals surface area contributed by atoms with E-state index in [4.69, 9.17) is 9.47 Å². The average Bonchev–Trinajstić information content (AvgIpc) is 3.15. The van der Waals surface area contributed by atoms with E-state index < -0.39 is 0 Å². The fourth-order valence-corrected chi connectivity index (χ4v) is 3.35. The zero-order valence-corrected chi connectivity index (χ0v) is 15.7. The largest absolute Gasteiger partial charge is 0.495 e. The van der Waals surface area contributed by atoms with Crippen molar-refractivity contribution in [2.24, 2.45) is 0 Å². The molecule has 1 heterocycles. The van der Waals surface area contributed by atoms with Gasteiger partial charge in [0.15, 0.2) is 5.13 Å². The molecule has 2 aromatic carbocycles. The molecular formula is C20H18N2O4S. The Labute approximate surface area is 161 Å². The number of hydrogen-bond acceptors (Lipinski definition) is 6. The summed E-state index contributed by atoms with van der Waals surface area (Å²) in [6.07, 6.45) is 0.782. The average molecular weight is 382 g/mol. The summed E-state index contributed by atoms with van der Waals surface area (Å²) in [5.74, 6) is 1.07. The lowest BCUT2D eigenvalue weighted by atomic mass is 10.2. The summed E-state index contributed by atoms with van der Waals surface area (Å²) in [7, 11) is 1.56. The molecule has 0 N–H and O–H groups in total. The predicted octanol–water partition coefficient (Wildman–Crippen LogP) is 4.23. The number of thiazole rings is 1. The normalized spacial score (nSPS) is 10.3. The Morgan fingerprint density at radius 3 is 2.59 bits per heavy atom. The van der Waals surface area contributed by atoms with Gasteiger partial charge in [-0.05, 0) is 36.4 Å². The Hall–Kier alpha value is -3.19. The molecule has 0 bridgehead atoms. The van der Waals surface area contributed by atoms with Gasteiger partial charge in [0, 0.05) is 17.9 Å². The first kappa shape index (κ1) is 18.6. The van der Waals surface area contributed by atoms with Gasteiger partial charge in [-0.15, -0.1) is 11.3 Å². The summed E-state index contributed by atoms with van der Waals surface area (Å²) in [4.78, 5) is 29.0. The molecule has 0 unspecified atom stereocenters. The third-order valence-electron chi connectivity index (χ3n) is 3.77. The van der Waals surface area contributed by atoms with Crippen LogP contribution in [0.5, 0.6) is 11.5 Å². The summed E-state index contributed by atoms with van der Waals surface area (Å²) < 4.78 is 11.1. The standard InChI is InChI=1S/C20H18N2O4S/c1-14(24)22(18-5-3-4-6-19(18)25-2)20-21-16(13-27-20)12-26-17-9-7-15(11-23)8-10-17/h3-11,13H,12H2,1-2H3. The summed E-state index contributed by atoms with van der Waals surface area (Å²) in [6, 6.07) is 14.1. The first-order valence-corrected chi connectivity index (χ1v) is 9.06. The molecule has 7 heteroatoms. The highest BCUT2D eigenvalue weighted by molar-refractivity contribution is 7.14. The number of aromatic nitrogens is 1. The molecule has 0 fully saturated rings. The third kappa shape index (κ3) is 4.32. The fraction of sp³-hybridized carbons (Fsp3) is 0.150. The van der Waals surface area contributed by atoms with Crippen molar-refractivity contribution in [2.45, 2.75) is 13.5 Å². The molecule has 6 nitrogen and oxygen atoms in total. The second kappa shape index (κ2) is 8.46. The molecule has 0 aliphatic rings. The zero-order chi connectivity index (χ0) is 19.2. The highest BCUT2D eigenvalue weighted by atomic mass is 32.1. The van der Waals surface area contributed by atoms with E-state index in [1.807, 2.05) is 23.6 Å². The van der Waals surface area contributed by atoms with Crippen LogP contribution in [-0.2, 0) is 11.4 Å². The van der Waals surface area contributed by atoms with Gasteiger partial charge in [0.1, 0.15) is 24.4 Å². The number of carbonyl (C=O) groups excluding carboxylic acids is 2. The summed E-state index contributed by atoms with van der Waals surface area (Å²) >= 11 is 1.35. The van der Waals surface area contributed by atoms with Crippen LogP contribution in [0.1, 0.15) is 23.0 Å². The molecule has 27 heavy (non-hydrogen) atoms. The predicted molar refractivity (Wildman–Crippen MR) is 104 cm³/mol. The maximum atomic E-state index is 12.2. The zero-order valence-electron chi connectivity index (χ0n) is 14.9. The van der Waals surface area contributed by atoms with Crippen molar-refractivity contribution in [3.05, 3.63) is 65.2 Å². The minimum Gasteiger partial charge on any atom is -0.495 e. The first-order chi connectivity index (χ1) is 13.1. The summed E-state index contributed by atoms with van der Waals surface area (Å²) in [5, 5.41) is 2.39. The van der Waals surface area contributed by atoms with Gasteiger partial charge < -0.3 is 9.47 Å². The van der Waals surface area contributed by atoms with Crippen LogP contribution in [0.25, 0.3) is 0 Å². The van der Waals surface area contributed by atoms with E-state index in [2.05, 4.69) is 4.98 Å². The number of anilines is 2. The monoisotopic (exact) mass is 382 g/mol. The van der Waals surface area contributed by atoms with E-state index in [1.165, 1.54) is 23.2 Å². The van der Waals surface area contributed by atoms with Crippen molar-refractivity contribution in [2.75, 3.05) is 12.0 Å². The van der Waals surface area contributed by atoms with Crippen LogP contribution >= 0.6 is 11.3 Å². The lowest BCUT2D eigenvalue weighted by Gasteiger charge is -2.20. The molecule has 0 radical (unpaired) electrons. The van der Waals surface area contributed by atoms with Crippen LogP contribution in [0.15, 0.2) is 53.9 Å². The number of aldehydes is 1. The van der Waals surface area contributed by atoms with E-state index >= 15 is 0 Å². The number of benzene rings is 2. The molecule has 0 aliphatic carbocycles. The van der Waals surface area contributed by atoms with Crippen LogP contribution in [0, 0.1) is 0 Å². The molecule has 0 saturated heterocycles. The lowest BCUT2D eigenvalue weighted by Crippen LogP contribution is -2.23. The molecule has 3 rings (SSSR count). The van der Waals surface area contributed by atoms with Crippen LogP contribution < -0.4 is 14.4 Å². The van der Waals surface area contributed by atoms with Crippen molar-refractivity contribution in [1.82, 2.24) is 4.98 Å². The van der Waals surface area contributed by atoms with Crippen molar-refractivity contribution in [3.8, 4) is 11.5 Å². The Bertz CT molecular complexity index is 937. The molecule has 0 spiro atoms. The van der Waals surface area contributed by atoms with Gasteiger partial charge in [0.2, 0.25) is 5.91 Å². The van der Waals surface area contributed by atoms with E-state index in [-0.39, 0.29) is 12.5 Å². The molecule has 3 aromatic rings. The third-order valence-corrected chi connectivity index (χ3v) is 4.65. The topological polar surface area (TPSA) is 68.7 Å². The van der Waals surface area contributed by atoms with Gasteiger partial charge in [-0.25, -0.2) is 4.98 Å². The number of rotatable bonds is 7. The first-order valence-electron chi connectivity index (χ1n) is 8.18. The van der Waals surface area contributed by atoms with E-state index in [0.717, 1.165) is 6.29 Å². The van der Waals surface area contributed by atoms with Crippen molar-refractivity contribution in [1.29, 1.82) is 0 Å². The van der Waals surface area contributed by atoms with Gasteiger partial charge in [-0.1, -0.05) is 12.1 Å². The number of nitrogens with zero attached hydrogens (tertiary/aromatic N) is 2. The number of ether oxygens (including phenoxy) is 2. The summed E-state index contributed by atoms with van der Waals surface area (Å²) in [6.45, 7) is 1.74. The van der Waals surface area contributed by atoms with Crippen LogP contribution in [-0.4, -0.2) is 24.3 Å². The molecule has 1 aromatic heterocycles. The van der Waals surface area contributed by atoms with Gasteiger partial charge >= 0.3 is 0 Å². The molecule has 138 valence electrons. The van der Waals surface area contributed by atoms with Crippen LogP contribution in [0.3, 0.4) is 0 Å². The maximum absolute atomic E-state index is 12.2. The van der Waals surface area contributed by atoms with E-state index in [9.17, 15) is 9.59 Å². The minimum atomic E-state index is -0.161. The Balaban J connectivity index is 1.77. The Morgan fingerprint density at radius 1 is 1.19 bits per heavy atom. The smallest absolute Gasteiger partial charge is 0.230 e. The number of methoxy groups -OCH3 is 1. The Kier molecular flexibility index (Phi) is 5.83. The molecule has 0 saturated carbocycles. The van der Waals surface area contributed by atoms with Gasteiger partial charge in [-0.3, -0.25) is 14.5 Å². The number of hydrogen-bond donors (Lipinski definition) is 0. The fourth-order valence-electron chi connectivity index (χ4n) is 2.49. The maximum Gasteiger partial charge on any atom is 0.230 e. The number of para-hydroxylation sites is 2. The highest BCUT2D eigenvalue weighted by Crippen LogP contribution is 2.35. The van der Waals surface area contributed by atoms with Gasteiger partial charge in [0.05, 0.1) is 18.5 Å². The van der Waals surface area contributed by atoms with E-state index in [1.54, 1.807) is 37.4 Å². The molecule has 0 aliphatic heterocycles. The Morgan fingerprint density at radius 2 is 1.93 bits per heavy atom. The summed E-state index contributed by atoms with van der Waals surface area (Å²) in [5.41, 5.74) is 1.93. The minimum absolute atomic E-state index is 0.161. The SMILES string of the molecule is COc1ccccc1N(C(C)=O)c1nc(COc2ccc(C=O)cc2)cs1. The number of amides is 1. The van der Waals surface area contributed by atoms with E-state index in [0.29, 0.717) is 33.6 Å². The van der Waals surface area contributed by atoms with Gasteiger partial charge in [0.25, 0.3) is 0 Å². The second-order valence-electron chi connectivity index (χ2n) is 5.62. The second-order valence-corrected chi connectivity index (χ2v) is 6.46. The van der Waals surface area contributed by atoms with Crippen LogP contribution in [0.4, 0.5) is 10.8 Å². The van der Waals surface area contributed by atoms with Gasteiger partial charge in [-0.2, -0.15) is 0 Å². The quantitative estimate of drug-likeness (QED) is 0.572. The van der Waals surface area contributed by atoms with Crippen molar-refractivity contribution in [3.63, 3.8) is 0 Å². The van der Waals surface area contributed by atoms with Crippen LogP contribution in [0.2, 0.25) is 0 Å². The molecular weight excluding hydrogens is 364 g/mol. The number of carbonyl (C=O) groups is 2. The van der Waals surface area contributed by atoms with Crippen molar-refractivity contribution < 1.29 is 19.1 Å².